The van der Waals surface area contributed by atoms with Crippen LogP contribution in [0.5, 0.6) is 0 Å². The summed E-state index contributed by atoms with van der Waals surface area (Å²) in [5, 5.41) is 10.4. The quantitative estimate of drug-likeness (QED) is 0.172. The Balaban J connectivity index is 1.06. The van der Waals surface area contributed by atoms with Crippen LogP contribution < -0.4 is 4.90 Å². The molecule has 0 N–H and O–H groups in total. The highest BCUT2D eigenvalue weighted by atomic mass is 32.1. The van der Waals surface area contributed by atoms with Crippen molar-refractivity contribution in [2.45, 2.75) is 0 Å². The van der Waals surface area contributed by atoms with Gasteiger partial charge in [0, 0.05) is 47.0 Å². The minimum Gasteiger partial charge on any atom is -0.309 e. The first-order valence-corrected chi connectivity index (χ1v) is 19.6. The summed E-state index contributed by atoms with van der Waals surface area (Å²) >= 11 is 3.77. The minimum absolute atomic E-state index is 1.13. The highest BCUT2D eigenvalue weighted by molar-refractivity contribution is 7.27. The van der Waals surface area contributed by atoms with E-state index in [-0.39, 0.29) is 0 Å². The number of benzene rings is 9. The summed E-state index contributed by atoms with van der Waals surface area (Å²) in [6.07, 6.45) is 0. The lowest BCUT2D eigenvalue weighted by atomic mass is 9.98. The molecule has 11 aromatic rings. The first-order valence-electron chi connectivity index (χ1n) is 18.0. The predicted octanol–water partition coefficient (Wildman–Crippen LogP) is 15.5. The Hall–Kier alpha value is -6.26. The van der Waals surface area contributed by atoms with Crippen LogP contribution >= 0.6 is 22.7 Å². The molecule has 11 rings (SSSR count). The van der Waals surface area contributed by atoms with Gasteiger partial charge in [-0.2, -0.15) is 0 Å². The highest BCUT2D eigenvalue weighted by Gasteiger charge is 2.19. The molecule has 3 heteroatoms. The minimum atomic E-state index is 1.13. The Kier molecular flexibility index (Phi) is 6.97. The molecule has 2 aromatic heterocycles. The molecule has 0 bridgehead atoms. The molecule has 248 valence electrons. The normalized spacial score (nSPS) is 11.8. The predicted molar refractivity (Wildman–Crippen MR) is 233 cm³/mol. The van der Waals surface area contributed by atoms with E-state index in [0.29, 0.717) is 0 Å². The molecule has 1 nitrogen and oxygen atoms in total. The summed E-state index contributed by atoms with van der Waals surface area (Å²) in [6, 6.07) is 69.0. The molecule has 0 unspecified atom stereocenters. The van der Waals surface area contributed by atoms with Crippen LogP contribution in [0.25, 0.3) is 84.1 Å². The second kappa shape index (κ2) is 12.2. The van der Waals surface area contributed by atoms with Crippen molar-refractivity contribution in [3.8, 4) is 22.3 Å². The third-order valence-electron chi connectivity index (χ3n) is 10.7. The van der Waals surface area contributed by atoms with E-state index in [1.165, 1.54) is 89.8 Å². The Morgan fingerprint density at radius 3 is 1.66 bits per heavy atom. The molecular formula is C50H31NS2. The van der Waals surface area contributed by atoms with Crippen molar-refractivity contribution in [2.24, 2.45) is 0 Å². The first kappa shape index (κ1) is 30.4. The molecule has 0 atom stereocenters. The Morgan fingerprint density at radius 1 is 0.321 bits per heavy atom. The largest absolute Gasteiger partial charge is 0.309 e. The van der Waals surface area contributed by atoms with Gasteiger partial charge >= 0.3 is 0 Å². The first-order chi connectivity index (χ1) is 26.3. The molecule has 2 heterocycles. The number of fused-ring (bicyclic) bond motifs is 9. The van der Waals surface area contributed by atoms with E-state index >= 15 is 0 Å². The lowest BCUT2D eigenvalue weighted by molar-refractivity contribution is 1.30. The molecular weight excluding hydrogens is 679 g/mol. The fraction of sp³-hybridized carbons (Fsp3) is 0. The summed E-state index contributed by atoms with van der Waals surface area (Å²) in [4.78, 5) is 2.43. The monoisotopic (exact) mass is 709 g/mol. The lowest BCUT2D eigenvalue weighted by Crippen LogP contribution is -2.10. The van der Waals surface area contributed by atoms with Gasteiger partial charge in [0.25, 0.3) is 0 Å². The van der Waals surface area contributed by atoms with Crippen LogP contribution in [-0.4, -0.2) is 0 Å². The van der Waals surface area contributed by atoms with Crippen molar-refractivity contribution in [1.29, 1.82) is 0 Å². The third kappa shape index (κ3) is 4.89. The van der Waals surface area contributed by atoms with E-state index < -0.39 is 0 Å². The number of hydrogen-bond acceptors (Lipinski definition) is 3. The molecule has 0 saturated heterocycles. The molecule has 53 heavy (non-hydrogen) atoms. The molecule has 0 radical (unpaired) electrons. The number of rotatable bonds is 5. The standard InChI is InChI=1S/C50H31NS2/c1-3-13-38-32(10-1)12-7-16-39(38)34-22-27-36(28-23-34)51(45-20-9-18-43-42-15-5-6-21-46(42)52-50(43)45)37-29-24-35(25-30-37)41-17-8-19-44-48-40-14-4-2-11-33(40)26-31-47(48)53-49(41)44/h1-31H. The van der Waals surface area contributed by atoms with Crippen molar-refractivity contribution < 1.29 is 0 Å². The van der Waals surface area contributed by atoms with Gasteiger partial charge in [0.05, 0.1) is 10.4 Å². The topological polar surface area (TPSA) is 3.24 Å². The molecule has 0 spiro atoms. The van der Waals surface area contributed by atoms with Gasteiger partial charge in [-0.25, -0.2) is 0 Å². The van der Waals surface area contributed by atoms with Crippen LogP contribution in [0, 0.1) is 0 Å². The maximum absolute atomic E-state index is 2.43. The maximum Gasteiger partial charge on any atom is 0.0640 e. The zero-order valence-corrected chi connectivity index (χ0v) is 30.3. The van der Waals surface area contributed by atoms with E-state index in [0.717, 1.165) is 11.4 Å². The van der Waals surface area contributed by atoms with Crippen LogP contribution in [-0.2, 0) is 0 Å². The number of hydrogen-bond donors (Lipinski definition) is 0. The van der Waals surface area contributed by atoms with Gasteiger partial charge in [-0.15, -0.1) is 22.7 Å². The van der Waals surface area contributed by atoms with Gasteiger partial charge in [0.1, 0.15) is 0 Å². The molecule has 0 aliphatic heterocycles. The van der Waals surface area contributed by atoms with Crippen molar-refractivity contribution in [3.63, 3.8) is 0 Å². The lowest BCUT2D eigenvalue weighted by Gasteiger charge is -2.26. The van der Waals surface area contributed by atoms with Crippen molar-refractivity contribution in [2.75, 3.05) is 4.90 Å². The Morgan fingerprint density at radius 2 is 0.868 bits per heavy atom. The van der Waals surface area contributed by atoms with Crippen molar-refractivity contribution in [3.05, 3.63) is 188 Å². The smallest absolute Gasteiger partial charge is 0.0640 e. The maximum atomic E-state index is 2.43. The second-order valence-corrected chi connectivity index (χ2v) is 15.8. The van der Waals surface area contributed by atoms with Crippen LogP contribution in [0.1, 0.15) is 0 Å². The van der Waals surface area contributed by atoms with E-state index in [2.05, 4.69) is 193 Å². The van der Waals surface area contributed by atoms with Gasteiger partial charge in [-0.1, -0.05) is 146 Å². The molecule has 0 amide bonds. The number of nitrogens with zero attached hydrogens (tertiary/aromatic N) is 1. The van der Waals surface area contributed by atoms with E-state index in [4.69, 9.17) is 0 Å². The Labute approximate surface area is 315 Å². The van der Waals surface area contributed by atoms with E-state index in [1.807, 2.05) is 22.7 Å². The fourth-order valence-electron chi connectivity index (χ4n) is 8.19. The molecule has 0 saturated carbocycles. The number of thiophene rings is 2. The third-order valence-corrected chi connectivity index (χ3v) is 13.1. The van der Waals surface area contributed by atoms with Crippen LogP contribution in [0.2, 0.25) is 0 Å². The van der Waals surface area contributed by atoms with Gasteiger partial charge in [0.2, 0.25) is 0 Å². The van der Waals surface area contributed by atoms with Gasteiger partial charge in [-0.3, -0.25) is 0 Å². The molecule has 0 aliphatic carbocycles. The molecule has 0 aliphatic rings. The van der Waals surface area contributed by atoms with Gasteiger partial charge in [0.15, 0.2) is 0 Å². The van der Waals surface area contributed by atoms with E-state index in [1.54, 1.807) is 0 Å². The van der Waals surface area contributed by atoms with Crippen LogP contribution in [0.4, 0.5) is 17.1 Å². The summed E-state index contributed by atoms with van der Waals surface area (Å²) in [5.41, 5.74) is 8.41. The second-order valence-electron chi connectivity index (χ2n) is 13.7. The Bertz CT molecular complexity index is 3160. The highest BCUT2D eigenvalue weighted by Crippen LogP contribution is 2.47. The van der Waals surface area contributed by atoms with Crippen molar-refractivity contribution >= 4 is 102 Å². The molecule has 9 aromatic carbocycles. The van der Waals surface area contributed by atoms with Crippen LogP contribution in [0.15, 0.2) is 188 Å². The number of anilines is 3. The summed E-state index contributed by atoms with van der Waals surface area (Å²) in [6.45, 7) is 0. The zero-order chi connectivity index (χ0) is 34.9. The summed E-state index contributed by atoms with van der Waals surface area (Å²) < 4.78 is 5.26. The van der Waals surface area contributed by atoms with Gasteiger partial charge < -0.3 is 4.90 Å². The van der Waals surface area contributed by atoms with E-state index in [9.17, 15) is 0 Å². The summed E-state index contributed by atoms with van der Waals surface area (Å²) in [7, 11) is 0. The molecule has 0 fully saturated rings. The summed E-state index contributed by atoms with van der Waals surface area (Å²) in [5.74, 6) is 0. The average molecular weight is 710 g/mol. The average Bonchev–Trinajstić information content (AvgIpc) is 3.81. The zero-order valence-electron chi connectivity index (χ0n) is 28.7. The van der Waals surface area contributed by atoms with Crippen molar-refractivity contribution in [1.82, 2.24) is 0 Å². The SMILES string of the molecule is c1ccc2c(-c3ccc(N(c4ccc(-c5cccc6c5sc5ccc7ccccc7c56)cc4)c4cccc5c4sc4ccccc45)cc3)cccc2c1. The van der Waals surface area contributed by atoms with Gasteiger partial charge in [-0.05, 0) is 86.3 Å². The van der Waals surface area contributed by atoms with Crippen LogP contribution in [0.3, 0.4) is 0 Å². The fourth-order valence-corrected chi connectivity index (χ4v) is 10.6.